The molecule has 0 bridgehead atoms. The SMILES string of the molecule is CCCS(=O)(=O)c1nc2ccc(NS(=O)(=O)c3ccc(C)cc3C)cc2s1. The van der Waals surface area contributed by atoms with Crippen LogP contribution in [0, 0.1) is 13.8 Å². The van der Waals surface area contributed by atoms with Gasteiger partial charge in [0.2, 0.25) is 14.2 Å². The highest BCUT2D eigenvalue weighted by molar-refractivity contribution is 7.93. The summed E-state index contributed by atoms with van der Waals surface area (Å²) in [5, 5.41) is 0. The van der Waals surface area contributed by atoms with Crippen molar-refractivity contribution in [3.63, 3.8) is 0 Å². The molecule has 2 aromatic carbocycles. The van der Waals surface area contributed by atoms with E-state index < -0.39 is 19.9 Å². The average Bonchev–Trinajstić information content (AvgIpc) is 2.98. The van der Waals surface area contributed by atoms with E-state index in [4.69, 9.17) is 0 Å². The lowest BCUT2D eigenvalue weighted by molar-refractivity contribution is 0.593. The van der Waals surface area contributed by atoms with E-state index in [-0.39, 0.29) is 15.0 Å². The Balaban J connectivity index is 1.96. The molecule has 0 aliphatic heterocycles. The number of rotatable bonds is 6. The Hall–Kier alpha value is -1.97. The van der Waals surface area contributed by atoms with Crippen molar-refractivity contribution in [2.45, 2.75) is 36.4 Å². The summed E-state index contributed by atoms with van der Waals surface area (Å²) >= 11 is 1.05. The first-order chi connectivity index (χ1) is 12.6. The predicted octanol–water partition coefficient (Wildman–Crippen LogP) is 3.90. The van der Waals surface area contributed by atoms with Crippen LogP contribution in [0.3, 0.4) is 0 Å². The molecule has 1 N–H and O–H groups in total. The Morgan fingerprint density at radius 1 is 1.04 bits per heavy atom. The number of aromatic nitrogens is 1. The van der Waals surface area contributed by atoms with Crippen molar-refractivity contribution in [2.24, 2.45) is 0 Å². The van der Waals surface area contributed by atoms with Crippen molar-refractivity contribution in [3.05, 3.63) is 47.5 Å². The molecule has 1 aromatic heterocycles. The Labute approximate surface area is 163 Å². The molecule has 0 atom stereocenters. The molecule has 144 valence electrons. The highest BCUT2D eigenvalue weighted by atomic mass is 32.2. The highest BCUT2D eigenvalue weighted by Crippen LogP contribution is 2.30. The van der Waals surface area contributed by atoms with Gasteiger partial charge in [-0.2, -0.15) is 0 Å². The van der Waals surface area contributed by atoms with Crippen LogP contribution < -0.4 is 4.72 Å². The van der Waals surface area contributed by atoms with Crippen LogP contribution in [0.4, 0.5) is 5.69 Å². The zero-order valence-electron chi connectivity index (χ0n) is 15.2. The van der Waals surface area contributed by atoms with Crippen LogP contribution in [0.25, 0.3) is 10.2 Å². The lowest BCUT2D eigenvalue weighted by atomic mass is 10.2. The van der Waals surface area contributed by atoms with E-state index >= 15 is 0 Å². The number of thiazole rings is 1. The summed E-state index contributed by atoms with van der Waals surface area (Å²) in [7, 11) is -7.15. The van der Waals surface area contributed by atoms with Crippen molar-refractivity contribution in [3.8, 4) is 0 Å². The number of benzene rings is 2. The van der Waals surface area contributed by atoms with Gasteiger partial charge in [0.15, 0.2) is 0 Å². The number of nitrogens with one attached hydrogen (secondary N) is 1. The molecule has 0 saturated heterocycles. The second kappa shape index (κ2) is 7.21. The molecule has 3 aromatic rings. The minimum atomic E-state index is -3.74. The summed E-state index contributed by atoms with van der Waals surface area (Å²) in [6, 6.07) is 9.95. The van der Waals surface area contributed by atoms with Crippen molar-refractivity contribution in [1.82, 2.24) is 4.98 Å². The maximum Gasteiger partial charge on any atom is 0.262 e. The molecular formula is C18H20N2O4S3. The summed E-state index contributed by atoms with van der Waals surface area (Å²) in [4.78, 5) is 4.39. The molecule has 0 amide bonds. The lowest BCUT2D eigenvalue weighted by Gasteiger charge is -2.11. The Bertz CT molecular complexity index is 1210. The van der Waals surface area contributed by atoms with Crippen LogP contribution in [-0.4, -0.2) is 27.6 Å². The molecule has 6 nitrogen and oxygen atoms in total. The fourth-order valence-electron chi connectivity index (χ4n) is 2.77. The predicted molar refractivity (Wildman–Crippen MR) is 109 cm³/mol. The van der Waals surface area contributed by atoms with Gasteiger partial charge in [0.25, 0.3) is 10.0 Å². The third-order valence-electron chi connectivity index (χ3n) is 3.98. The Kier molecular flexibility index (Phi) is 5.29. The van der Waals surface area contributed by atoms with Gasteiger partial charge in [-0.25, -0.2) is 21.8 Å². The van der Waals surface area contributed by atoms with Crippen LogP contribution >= 0.6 is 11.3 Å². The van der Waals surface area contributed by atoms with Crippen LogP contribution in [0.5, 0.6) is 0 Å². The lowest BCUT2D eigenvalue weighted by Crippen LogP contribution is -2.14. The van der Waals surface area contributed by atoms with E-state index in [0.29, 0.717) is 27.9 Å². The first kappa shape index (κ1) is 19.8. The van der Waals surface area contributed by atoms with Crippen LogP contribution in [0.2, 0.25) is 0 Å². The van der Waals surface area contributed by atoms with Crippen LogP contribution in [-0.2, 0) is 19.9 Å². The fourth-order valence-corrected chi connectivity index (χ4v) is 6.76. The second-order valence-electron chi connectivity index (χ2n) is 6.36. The average molecular weight is 425 g/mol. The van der Waals surface area contributed by atoms with Crippen molar-refractivity contribution < 1.29 is 16.8 Å². The number of sulfonamides is 1. The zero-order valence-corrected chi connectivity index (χ0v) is 17.6. The first-order valence-electron chi connectivity index (χ1n) is 8.36. The summed E-state index contributed by atoms with van der Waals surface area (Å²) in [5.74, 6) is 0.0407. The molecule has 3 rings (SSSR count). The molecule has 0 fully saturated rings. The number of sulfone groups is 1. The summed E-state index contributed by atoms with van der Waals surface area (Å²) in [6.07, 6.45) is 0.513. The third-order valence-corrected chi connectivity index (χ3v) is 8.92. The van der Waals surface area contributed by atoms with E-state index in [1.54, 1.807) is 44.2 Å². The van der Waals surface area contributed by atoms with Gasteiger partial charge >= 0.3 is 0 Å². The van der Waals surface area contributed by atoms with E-state index in [1.165, 1.54) is 0 Å². The highest BCUT2D eigenvalue weighted by Gasteiger charge is 2.20. The molecule has 0 aliphatic rings. The topological polar surface area (TPSA) is 93.2 Å². The zero-order chi connectivity index (χ0) is 19.8. The number of nitrogens with zero attached hydrogens (tertiary/aromatic N) is 1. The molecule has 27 heavy (non-hydrogen) atoms. The standard InChI is InChI=1S/C18H20N2O4S3/c1-4-9-26(21,22)18-19-15-7-6-14(11-16(15)25-18)20-27(23,24)17-8-5-12(2)10-13(17)3/h5-8,10-11,20H,4,9H2,1-3H3. The smallest absolute Gasteiger partial charge is 0.262 e. The number of anilines is 1. The van der Waals surface area contributed by atoms with E-state index in [2.05, 4.69) is 9.71 Å². The van der Waals surface area contributed by atoms with Crippen molar-refractivity contribution in [1.29, 1.82) is 0 Å². The molecule has 0 spiro atoms. The maximum atomic E-state index is 12.7. The number of fused-ring (bicyclic) bond motifs is 1. The van der Waals surface area contributed by atoms with Gasteiger partial charge in [0.05, 0.1) is 26.6 Å². The largest absolute Gasteiger partial charge is 0.280 e. The molecule has 0 unspecified atom stereocenters. The van der Waals surface area contributed by atoms with Gasteiger partial charge in [0, 0.05) is 0 Å². The van der Waals surface area contributed by atoms with E-state index in [0.717, 1.165) is 16.9 Å². The minimum Gasteiger partial charge on any atom is -0.280 e. The Morgan fingerprint density at radius 3 is 2.44 bits per heavy atom. The minimum absolute atomic E-state index is 0.0407. The normalized spacial score (nSPS) is 12.4. The molecule has 0 aliphatic carbocycles. The molecule has 0 saturated carbocycles. The second-order valence-corrected chi connectivity index (χ2v) is 11.3. The van der Waals surface area contributed by atoms with Gasteiger partial charge in [-0.15, -0.1) is 11.3 Å². The molecule has 9 heteroatoms. The summed E-state index contributed by atoms with van der Waals surface area (Å²) < 4.78 is 53.0. The van der Waals surface area contributed by atoms with Gasteiger partial charge in [-0.1, -0.05) is 24.6 Å². The molecule has 1 heterocycles. The quantitative estimate of drug-likeness (QED) is 0.648. The monoisotopic (exact) mass is 424 g/mol. The van der Waals surface area contributed by atoms with Crippen LogP contribution in [0.15, 0.2) is 45.6 Å². The van der Waals surface area contributed by atoms with Crippen molar-refractivity contribution >= 4 is 47.1 Å². The molecule has 0 radical (unpaired) electrons. The van der Waals surface area contributed by atoms with Gasteiger partial charge < -0.3 is 0 Å². The number of hydrogen-bond acceptors (Lipinski definition) is 6. The van der Waals surface area contributed by atoms with Gasteiger partial charge in [-0.3, -0.25) is 4.72 Å². The van der Waals surface area contributed by atoms with Crippen molar-refractivity contribution in [2.75, 3.05) is 10.5 Å². The Morgan fingerprint density at radius 2 is 1.78 bits per heavy atom. The number of aryl methyl sites for hydroxylation is 2. The van der Waals surface area contributed by atoms with Crippen LogP contribution in [0.1, 0.15) is 24.5 Å². The first-order valence-corrected chi connectivity index (χ1v) is 12.3. The number of hydrogen-bond donors (Lipinski definition) is 1. The molecular weight excluding hydrogens is 404 g/mol. The third kappa shape index (κ3) is 4.15. The maximum absolute atomic E-state index is 12.7. The summed E-state index contributed by atoms with van der Waals surface area (Å²) in [6.45, 7) is 5.45. The van der Waals surface area contributed by atoms with Gasteiger partial charge in [-0.05, 0) is 50.1 Å². The fraction of sp³-hybridized carbons (Fsp3) is 0.278. The van der Waals surface area contributed by atoms with Gasteiger partial charge in [0.1, 0.15) is 0 Å². The van der Waals surface area contributed by atoms with E-state index in [9.17, 15) is 16.8 Å². The van der Waals surface area contributed by atoms with E-state index in [1.807, 2.05) is 13.0 Å². The summed E-state index contributed by atoms with van der Waals surface area (Å²) in [5.41, 5.74) is 2.54.